The summed E-state index contributed by atoms with van der Waals surface area (Å²) in [6.07, 6.45) is -0.00935. The van der Waals surface area contributed by atoms with E-state index in [1.807, 2.05) is 42.5 Å². The fourth-order valence-electron chi connectivity index (χ4n) is 2.04. The fourth-order valence-corrected chi connectivity index (χ4v) is 2.41. The molecular formula is C17H20BrNO. The molecule has 0 saturated carbocycles. The van der Waals surface area contributed by atoms with Crippen molar-refractivity contribution in [3.05, 3.63) is 64.6 Å². The number of likely N-dealkylation sites (N-methyl/N-ethyl adjacent to an activating group) is 1. The van der Waals surface area contributed by atoms with Gasteiger partial charge in [0.05, 0.1) is 4.47 Å². The van der Waals surface area contributed by atoms with E-state index >= 15 is 0 Å². The van der Waals surface area contributed by atoms with Crippen molar-refractivity contribution in [2.24, 2.45) is 0 Å². The fraction of sp³-hybridized carbons (Fsp3) is 0.294. The lowest BCUT2D eigenvalue weighted by Gasteiger charge is -2.30. The topological polar surface area (TPSA) is 12.5 Å². The zero-order valence-electron chi connectivity index (χ0n) is 12.1. The molecule has 0 aliphatic carbocycles. The average Bonchev–Trinajstić information content (AvgIpc) is 2.46. The van der Waals surface area contributed by atoms with Crippen molar-refractivity contribution >= 4 is 15.9 Å². The van der Waals surface area contributed by atoms with Gasteiger partial charge in [-0.05, 0) is 54.6 Å². The first-order valence-corrected chi connectivity index (χ1v) is 7.51. The lowest BCUT2D eigenvalue weighted by molar-refractivity contribution is 0.106. The maximum Gasteiger partial charge on any atom is 0.139 e. The van der Waals surface area contributed by atoms with E-state index in [2.05, 4.69) is 54.0 Å². The molecular weight excluding hydrogens is 314 g/mol. The zero-order chi connectivity index (χ0) is 14.5. The molecule has 106 valence electrons. The summed E-state index contributed by atoms with van der Waals surface area (Å²) in [5.41, 5.74) is 1.18. The molecule has 0 aliphatic heterocycles. The van der Waals surface area contributed by atoms with Crippen LogP contribution in [0.4, 0.5) is 0 Å². The van der Waals surface area contributed by atoms with Gasteiger partial charge in [-0.3, -0.25) is 0 Å². The van der Waals surface area contributed by atoms with Gasteiger partial charge >= 0.3 is 0 Å². The Balaban J connectivity index is 2.31. The van der Waals surface area contributed by atoms with Crippen LogP contribution in [-0.4, -0.2) is 25.0 Å². The third-order valence-electron chi connectivity index (χ3n) is 3.47. The summed E-state index contributed by atoms with van der Waals surface area (Å²) < 4.78 is 7.24. The SMILES string of the molecule is C[C@H]([C@@H](Oc1ccccc1Br)c1ccccc1)N(C)C. The molecule has 0 unspecified atom stereocenters. The van der Waals surface area contributed by atoms with Crippen molar-refractivity contribution in [2.45, 2.75) is 19.1 Å². The first-order valence-electron chi connectivity index (χ1n) is 6.72. The normalized spacial score (nSPS) is 14.1. The minimum absolute atomic E-state index is 0.00935. The molecule has 2 aromatic carbocycles. The van der Waals surface area contributed by atoms with E-state index in [1.54, 1.807) is 0 Å². The van der Waals surface area contributed by atoms with Crippen molar-refractivity contribution in [1.29, 1.82) is 0 Å². The highest BCUT2D eigenvalue weighted by atomic mass is 79.9. The first kappa shape index (κ1) is 15.1. The van der Waals surface area contributed by atoms with Crippen LogP contribution in [0.15, 0.2) is 59.1 Å². The quantitative estimate of drug-likeness (QED) is 0.797. The molecule has 2 rings (SSSR count). The van der Waals surface area contributed by atoms with Crippen LogP contribution in [0, 0.1) is 0 Å². The molecule has 0 aliphatic rings. The summed E-state index contributed by atoms with van der Waals surface area (Å²) in [5, 5.41) is 0. The van der Waals surface area contributed by atoms with E-state index in [4.69, 9.17) is 4.74 Å². The molecule has 0 N–H and O–H groups in total. The molecule has 2 aromatic rings. The predicted molar refractivity (Wildman–Crippen MR) is 87.1 cm³/mol. The van der Waals surface area contributed by atoms with Gasteiger partial charge in [0.1, 0.15) is 11.9 Å². The van der Waals surface area contributed by atoms with Crippen molar-refractivity contribution in [3.8, 4) is 5.75 Å². The second-order valence-electron chi connectivity index (χ2n) is 5.08. The van der Waals surface area contributed by atoms with Gasteiger partial charge in [0.2, 0.25) is 0 Å². The minimum Gasteiger partial charge on any atom is -0.483 e. The Morgan fingerprint density at radius 3 is 2.15 bits per heavy atom. The molecule has 0 radical (unpaired) electrons. The van der Waals surface area contributed by atoms with Crippen LogP contribution in [0.3, 0.4) is 0 Å². The Labute approximate surface area is 129 Å². The monoisotopic (exact) mass is 333 g/mol. The zero-order valence-corrected chi connectivity index (χ0v) is 13.7. The van der Waals surface area contributed by atoms with E-state index in [0.717, 1.165) is 10.2 Å². The van der Waals surface area contributed by atoms with Gasteiger partial charge in [0.15, 0.2) is 0 Å². The third kappa shape index (κ3) is 3.62. The van der Waals surface area contributed by atoms with E-state index in [-0.39, 0.29) is 12.1 Å². The van der Waals surface area contributed by atoms with E-state index < -0.39 is 0 Å². The second kappa shape index (κ2) is 6.91. The molecule has 0 heterocycles. The number of benzene rings is 2. The number of rotatable bonds is 5. The van der Waals surface area contributed by atoms with Crippen molar-refractivity contribution in [3.63, 3.8) is 0 Å². The maximum absolute atomic E-state index is 6.27. The largest absolute Gasteiger partial charge is 0.483 e. The van der Waals surface area contributed by atoms with Gasteiger partial charge in [-0.2, -0.15) is 0 Å². The van der Waals surface area contributed by atoms with Gasteiger partial charge in [-0.1, -0.05) is 42.5 Å². The smallest absolute Gasteiger partial charge is 0.139 e. The average molecular weight is 334 g/mol. The highest BCUT2D eigenvalue weighted by Gasteiger charge is 2.23. The molecule has 0 amide bonds. The van der Waals surface area contributed by atoms with Crippen LogP contribution in [0.5, 0.6) is 5.75 Å². The Morgan fingerprint density at radius 1 is 0.950 bits per heavy atom. The molecule has 2 atom stereocenters. The summed E-state index contributed by atoms with van der Waals surface area (Å²) in [6.45, 7) is 2.18. The lowest BCUT2D eigenvalue weighted by atomic mass is 10.0. The van der Waals surface area contributed by atoms with Crippen LogP contribution < -0.4 is 4.74 Å². The Hall–Kier alpha value is -1.32. The Morgan fingerprint density at radius 2 is 1.55 bits per heavy atom. The minimum atomic E-state index is -0.00935. The number of nitrogens with zero attached hydrogens (tertiary/aromatic N) is 1. The number of hydrogen-bond acceptors (Lipinski definition) is 2. The van der Waals surface area contributed by atoms with Crippen LogP contribution >= 0.6 is 15.9 Å². The first-order chi connectivity index (χ1) is 9.59. The van der Waals surface area contributed by atoms with E-state index in [0.29, 0.717) is 0 Å². The predicted octanol–water partition coefficient (Wildman–Crippen LogP) is 4.52. The van der Waals surface area contributed by atoms with Gasteiger partial charge in [0, 0.05) is 6.04 Å². The van der Waals surface area contributed by atoms with Crippen LogP contribution in [0.1, 0.15) is 18.6 Å². The maximum atomic E-state index is 6.27. The van der Waals surface area contributed by atoms with Crippen molar-refractivity contribution < 1.29 is 4.74 Å². The molecule has 0 spiro atoms. The van der Waals surface area contributed by atoms with Gasteiger partial charge in [-0.25, -0.2) is 0 Å². The second-order valence-corrected chi connectivity index (χ2v) is 5.94. The highest BCUT2D eigenvalue weighted by Crippen LogP contribution is 2.31. The molecule has 2 nitrogen and oxygen atoms in total. The van der Waals surface area contributed by atoms with Gasteiger partial charge in [-0.15, -0.1) is 0 Å². The van der Waals surface area contributed by atoms with E-state index in [1.165, 1.54) is 5.56 Å². The molecule has 0 fully saturated rings. The summed E-state index contributed by atoms with van der Waals surface area (Å²) in [7, 11) is 4.15. The summed E-state index contributed by atoms with van der Waals surface area (Å²) in [6, 6.07) is 18.6. The number of hydrogen-bond donors (Lipinski definition) is 0. The van der Waals surface area contributed by atoms with Crippen LogP contribution in [-0.2, 0) is 0 Å². The summed E-state index contributed by atoms with van der Waals surface area (Å²) in [4.78, 5) is 2.18. The van der Waals surface area contributed by atoms with Crippen LogP contribution in [0.25, 0.3) is 0 Å². The number of para-hydroxylation sites is 1. The summed E-state index contributed by atoms with van der Waals surface area (Å²) in [5.74, 6) is 0.870. The molecule has 0 bridgehead atoms. The highest BCUT2D eigenvalue weighted by molar-refractivity contribution is 9.10. The Kier molecular flexibility index (Phi) is 5.21. The number of ether oxygens (including phenoxy) is 1. The summed E-state index contributed by atoms with van der Waals surface area (Å²) >= 11 is 3.54. The van der Waals surface area contributed by atoms with Crippen molar-refractivity contribution in [2.75, 3.05) is 14.1 Å². The van der Waals surface area contributed by atoms with Gasteiger partial charge in [0.25, 0.3) is 0 Å². The standard InChI is InChI=1S/C17H20BrNO/c1-13(19(2)3)17(14-9-5-4-6-10-14)20-16-12-8-7-11-15(16)18/h4-13,17H,1-3H3/t13-,17-/m1/s1. The molecule has 0 saturated heterocycles. The molecule has 20 heavy (non-hydrogen) atoms. The molecule has 0 aromatic heterocycles. The van der Waals surface area contributed by atoms with Crippen LogP contribution in [0.2, 0.25) is 0 Å². The van der Waals surface area contributed by atoms with Crippen molar-refractivity contribution in [1.82, 2.24) is 4.90 Å². The molecule has 3 heteroatoms. The third-order valence-corrected chi connectivity index (χ3v) is 4.13. The lowest BCUT2D eigenvalue weighted by Crippen LogP contribution is -2.34. The van der Waals surface area contributed by atoms with E-state index in [9.17, 15) is 0 Å². The number of halogens is 1. The Bertz CT molecular complexity index is 542. The van der Waals surface area contributed by atoms with Gasteiger partial charge < -0.3 is 9.64 Å².